The maximum absolute atomic E-state index is 5.00. The molecule has 3 radical (unpaired) electrons. The summed E-state index contributed by atoms with van der Waals surface area (Å²) >= 11 is 3.48. The zero-order valence-electron chi connectivity index (χ0n) is 45.2. The van der Waals surface area contributed by atoms with Crippen molar-refractivity contribution in [1.29, 1.82) is 0 Å². The summed E-state index contributed by atoms with van der Waals surface area (Å²) in [6.07, 6.45) is 3.73. The van der Waals surface area contributed by atoms with Gasteiger partial charge in [0.25, 0.3) is 0 Å². The Hall–Kier alpha value is -4.27. The van der Waals surface area contributed by atoms with Gasteiger partial charge in [0.05, 0.1) is 0 Å². The summed E-state index contributed by atoms with van der Waals surface area (Å²) in [5.41, 5.74) is 8.89. The van der Waals surface area contributed by atoms with Gasteiger partial charge in [0.15, 0.2) is 0 Å². The van der Waals surface area contributed by atoms with Gasteiger partial charge in [-0.2, -0.15) is 0 Å². The number of benzene rings is 8. The topological polar surface area (TPSA) is 38.7 Å². The van der Waals surface area contributed by atoms with E-state index in [0.717, 1.165) is 46.3 Å². The van der Waals surface area contributed by atoms with Crippen molar-refractivity contribution < 1.29 is 63.2 Å². The van der Waals surface area contributed by atoms with E-state index in [9.17, 15) is 0 Å². The number of pyridine rings is 2. The van der Waals surface area contributed by atoms with Gasteiger partial charge >= 0.3 is 0 Å². The summed E-state index contributed by atoms with van der Waals surface area (Å²) in [5, 5.41) is 11.4. The molecule has 13 heteroatoms. The first-order valence-electron chi connectivity index (χ1n) is 24.5. The van der Waals surface area contributed by atoms with Crippen LogP contribution in [0.4, 0.5) is 22.7 Å². The molecule has 0 aliphatic rings. The van der Waals surface area contributed by atoms with Gasteiger partial charge < -0.3 is 29.6 Å². The first kappa shape index (κ1) is 61.6. The molecule has 0 unspecified atom stereocenters. The van der Waals surface area contributed by atoms with Crippen LogP contribution < -0.4 is 46.1 Å². The standard InChI is InChI=1S/C31H29N3P.C16H21N2P.C15H9BrN.HI.2Ir.V.2H2/c1-33(2)25-12-16-27(17-13-25)35(28-18-14-26(15-19-28)34(3)4)29-10-7-9-24(22-29)31-30-11-6-5-8-23(30)20-21-32-31;1-17(2)13-5-9-15(10-6-13)19-16-11-7-14(8-12-16)18(3)4;16-13-6-3-5-12(10-13)15-14-7-2-1-4-11(14)8-9-17-15;;;;;;/h5-8,10-22H,1-4H3;5-12,19H,1-4H3;1-4,6-10H;1H;;;;2*1H/q-1;;-1;;;;;;/i;;;;;;;1+2T;1+2. The Balaban J connectivity index is 0.000000414. The van der Waals surface area contributed by atoms with Crippen LogP contribution in [0.15, 0.2) is 211 Å². The summed E-state index contributed by atoms with van der Waals surface area (Å²) in [7, 11) is 16.6. The molecule has 0 saturated heterocycles. The molecule has 0 aliphatic heterocycles. The van der Waals surface area contributed by atoms with E-state index in [1.54, 1.807) is 0 Å². The summed E-state index contributed by atoms with van der Waals surface area (Å²) in [6.45, 7) is 0. The third kappa shape index (κ3) is 16.9. The minimum Gasteiger partial charge on any atom is -0.378 e. The van der Waals surface area contributed by atoms with Gasteiger partial charge in [0.2, 0.25) is 0 Å². The van der Waals surface area contributed by atoms with Crippen LogP contribution in [0.25, 0.3) is 44.1 Å². The third-order valence-electron chi connectivity index (χ3n) is 12.0. The molecule has 0 spiro atoms. The number of rotatable bonds is 11. The molecular weight excluding hydrogens is 1530 g/mol. The first-order chi connectivity index (χ1) is 35.4. The molecule has 0 N–H and O–H groups in total. The zero-order chi connectivity index (χ0) is 51.9. The van der Waals surface area contributed by atoms with Gasteiger partial charge in [0.1, 0.15) is 0 Å². The van der Waals surface area contributed by atoms with Crippen LogP contribution in [0.5, 0.6) is 0 Å². The Morgan fingerprint density at radius 1 is 0.453 bits per heavy atom. The fourth-order valence-corrected chi connectivity index (χ4v) is 11.7. The third-order valence-corrected chi connectivity index (χ3v) is 16.1. The number of aromatic nitrogens is 2. The summed E-state index contributed by atoms with van der Waals surface area (Å²) in [4.78, 5) is 17.7. The van der Waals surface area contributed by atoms with E-state index in [1.807, 2.05) is 54.9 Å². The minimum absolute atomic E-state index is 0. The Kier molecular flexibility index (Phi) is 25.1. The molecule has 0 fully saturated rings. The van der Waals surface area contributed by atoms with E-state index in [0.29, 0.717) is 0 Å². The second-order valence-electron chi connectivity index (χ2n) is 17.8. The van der Waals surface area contributed by atoms with Crippen molar-refractivity contribution in [2.45, 2.75) is 0 Å². The fourth-order valence-electron chi connectivity index (χ4n) is 8.07. The quantitative estimate of drug-likeness (QED) is 0.0730. The van der Waals surface area contributed by atoms with Crippen molar-refractivity contribution in [2.75, 3.05) is 76.0 Å². The first-order valence-corrected chi connectivity index (χ1v) is 26.6. The Bertz CT molecular complexity index is 3240. The number of hydrogen-bond donors (Lipinski definition) is 0. The van der Waals surface area contributed by atoms with E-state index < -0.39 is 7.92 Å². The summed E-state index contributed by atoms with van der Waals surface area (Å²) in [5.74, 6) is 0. The molecule has 2 aromatic heterocycles. The number of hydrogen-bond acceptors (Lipinski definition) is 6. The molecule has 0 aliphatic carbocycles. The van der Waals surface area contributed by atoms with Crippen molar-refractivity contribution in [2.24, 2.45) is 0 Å². The molecule has 10 rings (SSSR count). The van der Waals surface area contributed by atoms with Crippen LogP contribution in [-0.4, -0.2) is 66.3 Å². The van der Waals surface area contributed by atoms with Crippen molar-refractivity contribution >= 4 is 127 Å². The second kappa shape index (κ2) is 30.6. The number of fused-ring (bicyclic) bond motifs is 2. The molecule has 2 heterocycles. The molecule has 0 saturated carbocycles. The second-order valence-corrected chi connectivity index (χ2v) is 22.3. The van der Waals surface area contributed by atoms with Gasteiger partial charge in [-0.25, -0.2) is 0 Å². The van der Waals surface area contributed by atoms with Crippen molar-refractivity contribution in [3.05, 3.63) is 223 Å². The van der Waals surface area contributed by atoms with Gasteiger partial charge in [0, 0.05) is 155 Å². The Labute approximate surface area is 517 Å². The normalized spacial score (nSPS) is 10.3. The number of nitrogens with zero attached hydrogens (tertiary/aromatic N) is 6. The average Bonchev–Trinajstić information content (AvgIpc) is 3.42. The van der Waals surface area contributed by atoms with Crippen LogP contribution in [0, 0.1) is 12.1 Å². The minimum atomic E-state index is -0.744. The van der Waals surface area contributed by atoms with E-state index in [1.165, 1.54) is 60.0 Å². The van der Waals surface area contributed by atoms with Crippen LogP contribution in [-0.2, 0) is 58.8 Å². The van der Waals surface area contributed by atoms with E-state index in [-0.39, 0.29) is 84.2 Å². The number of anilines is 4. The van der Waals surface area contributed by atoms with Crippen LogP contribution >= 0.6 is 56.4 Å². The van der Waals surface area contributed by atoms with E-state index >= 15 is 0 Å². The largest absolute Gasteiger partial charge is 0.378 e. The van der Waals surface area contributed by atoms with Crippen molar-refractivity contribution in [3.8, 4) is 22.5 Å². The predicted octanol–water partition coefficient (Wildman–Crippen LogP) is 13.6. The smallest absolute Gasteiger partial charge is 0.0361 e. The molecule has 8 aromatic carbocycles. The maximum atomic E-state index is 5.00. The molecular formula is C62H64BrIIr2N6P2V-2. The van der Waals surface area contributed by atoms with E-state index in [4.69, 9.17) is 7.95 Å². The van der Waals surface area contributed by atoms with Crippen LogP contribution in [0.3, 0.4) is 0 Å². The Morgan fingerprint density at radius 2 is 0.813 bits per heavy atom. The fraction of sp³-hybridized carbons (Fsp3) is 0.129. The van der Waals surface area contributed by atoms with Crippen molar-refractivity contribution in [1.82, 2.24) is 9.97 Å². The van der Waals surface area contributed by atoms with Crippen molar-refractivity contribution in [3.63, 3.8) is 0 Å². The molecule has 0 atom stereocenters. The Morgan fingerprint density at radius 3 is 1.20 bits per heavy atom. The summed E-state index contributed by atoms with van der Waals surface area (Å²) < 4.78 is 11.0. The van der Waals surface area contributed by atoms with Gasteiger partial charge in [-0.3, -0.25) is 0 Å². The number of halogens is 2. The monoisotopic (exact) mass is 1600 g/mol. The summed E-state index contributed by atoms with van der Waals surface area (Å²) in [6, 6.07) is 75.4. The molecule has 0 amide bonds. The molecule has 391 valence electrons. The van der Waals surface area contributed by atoms with Gasteiger partial charge in [-0.15, -0.1) is 83.6 Å². The predicted molar refractivity (Wildman–Crippen MR) is 336 cm³/mol. The molecule has 0 bridgehead atoms. The van der Waals surface area contributed by atoms with Crippen LogP contribution in [0.2, 0.25) is 0 Å². The molecule has 6 nitrogen and oxygen atoms in total. The molecule has 75 heavy (non-hydrogen) atoms. The van der Waals surface area contributed by atoms with E-state index in [2.05, 4.69) is 261 Å². The van der Waals surface area contributed by atoms with Crippen LogP contribution in [0.1, 0.15) is 4.40 Å². The zero-order valence-corrected chi connectivity index (χ0v) is 55.2. The van der Waals surface area contributed by atoms with Gasteiger partial charge in [-0.1, -0.05) is 131 Å². The van der Waals surface area contributed by atoms with Gasteiger partial charge in [-0.05, 0) is 123 Å². The maximum Gasteiger partial charge on any atom is 0.0361 e. The molecule has 10 aromatic rings. The average molecular weight is 1600 g/mol. The SMILES string of the molecule is Brc1cc[c-]c(-c2nccc3ccccc23)c1.CN(C)c1ccc(P(c2ccc(N(C)C)cc2)c2cc[c-]c(-c3nccc4ccccc34)c2)cc1.CN(C)c1ccc(Pc2ccc(N(C)C)cc2)cc1.I.[3HH].[3H][3H].[Ir].[Ir].[V].